The maximum Gasteiger partial charge on any atom is 0.416 e. The molecule has 0 bridgehead atoms. The van der Waals surface area contributed by atoms with Gasteiger partial charge in [-0.1, -0.05) is 17.3 Å². The first-order valence-electron chi connectivity index (χ1n) is 8.79. The van der Waals surface area contributed by atoms with Crippen LogP contribution in [0.4, 0.5) is 13.2 Å². The van der Waals surface area contributed by atoms with Gasteiger partial charge in [-0.15, -0.1) is 24.0 Å². The van der Waals surface area contributed by atoms with Gasteiger partial charge < -0.3 is 14.7 Å². The lowest BCUT2D eigenvalue weighted by atomic mass is 10.1. The predicted molar refractivity (Wildman–Crippen MR) is 114 cm³/mol. The van der Waals surface area contributed by atoms with Gasteiger partial charge in [0.25, 0.3) is 0 Å². The number of hydrogen-bond acceptors (Lipinski definition) is 3. The number of rotatable bonds is 6. The second-order valence-corrected chi connectivity index (χ2v) is 6.34. The number of halogens is 4. The molecule has 1 aromatic carbocycles. The monoisotopic (exact) mass is 510 g/mol. The third-order valence-corrected chi connectivity index (χ3v) is 4.20. The topological polar surface area (TPSA) is 53.7 Å². The summed E-state index contributed by atoms with van der Waals surface area (Å²) in [5.74, 6) is 1.50. The number of aliphatic imine (C=N–C) groups is 1. The van der Waals surface area contributed by atoms with Gasteiger partial charge in [0.1, 0.15) is 5.76 Å². The molecule has 0 spiro atoms. The molecule has 5 nitrogen and oxygen atoms in total. The zero-order valence-electron chi connectivity index (χ0n) is 16.4. The minimum absolute atomic E-state index is 0. The Labute approximate surface area is 180 Å². The minimum Gasteiger partial charge on any atom is -0.361 e. The van der Waals surface area contributed by atoms with Gasteiger partial charge in [0.2, 0.25) is 0 Å². The van der Waals surface area contributed by atoms with Crippen LogP contribution < -0.4 is 5.32 Å². The summed E-state index contributed by atoms with van der Waals surface area (Å²) in [7, 11) is 1.86. The van der Waals surface area contributed by atoms with Crippen molar-refractivity contribution in [1.82, 2.24) is 15.4 Å². The van der Waals surface area contributed by atoms with Gasteiger partial charge in [0.15, 0.2) is 5.96 Å². The molecule has 0 atom stereocenters. The summed E-state index contributed by atoms with van der Waals surface area (Å²) in [6.07, 6.45) is -3.61. The van der Waals surface area contributed by atoms with Crippen LogP contribution in [0.25, 0.3) is 0 Å². The zero-order chi connectivity index (χ0) is 20.0. The molecular formula is C19H26F3IN4O. The Morgan fingerprint density at radius 2 is 1.86 bits per heavy atom. The number of hydrogen-bond donors (Lipinski definition) is 1. The highest BCUT2D eigenvalue weighted by molar-refractivity contribution is 14.0. The SMILES string of the molecule is CCNC(=NCCc1c(C)noc1C)N(C)Cc1ccc(C(F)(F)F)cc1.I. The molecule has 0 aliphatic heterocycles. The average Bonchev–Trinajstić information content (AvgIpc) is 2.92. The highest BCUT2D eigenvalue weighted by Crippen LogP contribution is 2.29. The van der Waals surface area contributed by atoms with Crippen molar-refractivity contribution in [3.8, 4) is 0 Å². The van der Waals surface area contributed by atoms with Gasteiger partial charge in [-0.05, 0) is 44.9 Å². The molecule has 0 radical (unpaired) electrons. The summed E-state index contributed by atoms with van der Waals surface area (Å²) < 4.78 is 43.2. The second kappa shape index (κ2) is 10.7. The van der Waals surface area contributed by atoms with E-state index in [0.717, 1.165) is 34.7 Å². The highest BCUT2D eigenvalue weighted by atomic mass is 127. The van der Waals surface area contributed by atoms with Gasteiger partial charge in [0, 0.05) is 32.2 Å². The first-order valence-corrected chi connectivity index (χ1v) is 8.79. The second-order valence-electron chi connectivity index (χ2n) is 6.34. The molecule has 0 fully saturated rings. The number of aryl methyl sites for hydroxylation is 2. The Morgan fingerprint density at radius 1 is 1.21 bits per heavy atom. The van der Waals surface area contributed by atoms with Gasteiger partial charge in [-0.3, -0.25) is 4.99 Å². The predicted octanol–water partition coefficient (Wildman–Crippen LogP) is 4.57. The van der Waals surface area contributed by atoms with Crippen molar-refractivity contribution in [2.45, 2.75) is 39.9 Å². The molecule has 28 heavy (non-hydrogen) atoms. The summed E-state index contributed by atoms with van der Waals surface area (Å²) in [6, 6.07) is 5.19. The number of benzene rings is 1. The molecule has 1 N–H and O–H groups in total. The standard InChI is InChI=1S/C19H25F3N4O.HI/c1-5-23-18(24-11-10-17-13(2)25-27-14(17)3)26(4)12-15-6-8-16(9-7-15)19(20,21)22;/h6-9H,5,10-12H2,1-4H3,(H,23,24);1H. The summed E-state index contributed by atoms with van der Waals surface area (Å²) in [5.41, 5.74) is 2.06. The Kier molecular flexibility index (Phi) is 9.25. The van der Waals surface area contributed by atoms with Crippen LogP contribution >= 0.6 is 24.0 Å². The molecule has 1 aromatic heterocycles. The van der Waals surface area contributed by atoms with Crippen molar-refractivity contribution in [3.63, 3.8) is 0 Å². The minimum atomic E-state index is -4.32. The van der Waals surface area contributed by atoms with E-state index in [9.17, 15) is 13.2 Å². The van der Waals surface area contributed by atoms with Crippen LogP contribution in [0.3, 0.4) is 0 Å². The average molecular weight is 510 g/mol. The van der Waals surface area contributed by atoms with Crippen molar-refractivity contribution >= 4 is 29.9 Å². The Bertz CT molecular complexity index is 753. The molecule has 9 heteroatoms. The van der Waals surface area contributed by atoms with Crippen molar-refractivity contribution in [2.75, 3.05) is 20.1 Å². The van der Waals surface area contributed by atoms with Gasteiger partial charge in [-0.25, -0.2) is 0 Å². The highest BCUT2D eigenvalue weighted by Gasteiger charge is 2.29. The first kappa shape index (κ1) is 24.3. The maximum absolute atomic E-state index is 12.7. The van der Waals surface area contributed by atoms with Crippen LogP contribution in [-0.4, -0.2) is 36.2 Å². The summed E-state index contributed by atoms with van der Waals surface area (Å²) in [4.78, 5) is 6.49. The quantitative estimate of drug-likeness (QED) is 0.352. The Balaban J connectivity index is 0.00000392. The van der Waals surface area contributed by atoms with Crippen LogP contribution in [0.5, 0.6) is 0 Å². The maximum atomic E-state index is 12.7. The summed E-state index contributed by atoms with van der Waals surface area (Å²) in [6.45, 7) is 7.45. The summed E-state index contributed by atoms with van der Waals surface area (Å²) >= 11 is 0. The molecule has 2 rings (SSSR count). The molecule has 0 aliphatic rings. The fourth-order valence-electron chi connectivity index (χ4n) is 2.75. The van der Waals surface area contributed by atoms with Crippen LogP contribution in [0.15, 0.2) is 33.8 Å². The lowest BCUT2D eigenvalue weighted by Gasteiger charge is -2.22. The number of guanidine groups is 1. The largest absolute Gasteiger partial charge is 0.416 e. The van der Waals surface area contributed by atoms with Crippen LogP contribution in [0.2, 0.25) is 0 Å². The first-order chi connectivity index (χ1) is 12.7. The molecule has 0 aliphatic carbocycles. The number of alkyl halides is 3. The fourth-order valence-corrected chi connectivity index (χ4v) is 2.75. The number of aromatic nitrogens is 1. The number of nitrogens with zero attached hydrogens (tertiary/aromatic N) is 3. The van der Waals surface area contributed by atoms with Crippen LogP contribution in [0.1, 0.15) is 35.1 Å². The molecule has 0 saturated carbocycles. The number of nitrogens with one attached hydrogen (secondary N) is 1. The lowest BCUT2D eigenvalue weighted by Crippen LogP contribution is -2.38. The van der Waals surface area contributed by atoms with E-state index >= 15 is 0 Å². The van der Waals surface area contributed by atoms with E-state index in [1.807, 2.05) is 32.7 Å². The normalized spacial score (nSPS) is 11.9. The van der Waals surface area contributed by atoms with E-state index in [1.165, 1.54) is 12.1 Å². The van der Waals surface area contributed by atoms with Crippen LogP contribution in [0, 0.1) is 13.8 Å². The van der Waals surface area contributed by atoms with E-state index in [1.54, 1.807) is 0 Å². The van der Waals surface area contributed by atoms with Crippen molar-refractivity contribution in [3.05, 3.63) is 52.4 Å². The fraction of sp³-hybridized carbons (Fsp3) is 0.474. The third-order valence-electron chi connectivity index (χ3n) is 4.20. The molecule has 0 saturated heterocycles. The molecule has 0 amide bonds. The van der Waals surface area contributed by atoms with Crippen molar-refractivity contribution in [1.29, 1.82) is 0 Å². The third kappa shape index (κ3) is 6.68. The van der Waals surface area contributed by atoms with Crippen molar-refractivity contribution in [2.24, 2.45) is 4.99 Å². The van der Waals surface area contributed by atoms with E-state index < -0.39 is 11.7 Å². The van der Waals surface area contributed by atoms with Gasteiger partial charge in [-0.2, -0.15) is 13.2 Å². The van der Waals surface area contributed by atoms with E-state index in [0.29, 0.717) is 32.0 Å². The van der Waals surface area contributed by atoms with E-state index in [4.69, 9.17) is 4.52 Å². The van der Waals surface area contributed by atoms with E-state index in [-0.39, 0.29) is 24.0 Å². The Hall–Kier alpha value is -1.78. The smallest absolute Gasteiger partial charge is 0.361 e. The molecular weight excluding hydrogens is 484 g/mol. The lowest BCUT2D eigenvalue weighted by molar-refractivity contribution is -0.137. The molecule has 0 unspecified atom stereocenters. The van der Waals surface area contributed by atoms with Crippen LogP contribution in [-0.2, 0) is 19.1 Å². The van der Waals surface area contributed by atoms with Gasteiger partial charge >= 0.3 is 6.18 Å². The zero-order valence-corrected chi connectivity index (χ0v) is 18.8. The Morgan fingerprint density at radius 3 is 2.36 bits per heavy atom. The molecule has 2 aromatic rings. The summed E-state index contributed by atoms with van der Waals surface area (Å²) in [5, 5.41) is 7.14. The molecule has 1 heterocycles. The van der Waals surface area contributed by atoms with Crippen molar-refractivity contribution < 1.29 is 17.7 Å². The molecule has 156 valence electrons. The van der Waals surface area contributed by atoms with E-state index in [2.05, 4.69) is 15.5 Å². The van der Waals surface area contributed by atoms with Gasteiger partial charge in [0.05, 0.1) is 11.3 Å².